The zero-order valence-electron chi connectivity index (χ0n) is 8.71. The van der Waals surface area contributed by atoms with Gasteiger partial charge in [-0.1, -0.05) is 0 Å². The Morgan fingerprint density at radius 2 is 1.73 bits per heavy atom. The van der Waals surface area contributed by atoms with Gasteiger partial charge in [-0.15, -0.1) is 0 Å². The average Bonchev–Trinajstić information content (AvgIpc) is 2.14. The molecule has 0 aliphatic carbocycles. The number of carbonyl (C=O) groups is 2. The van der Waals surface area contributed by atoms with E-state index in [-0.39, 0.29) is 0 Å². The molecular formula is C8H17NO5S. The Morgan fingerprint density at radius 3 is 1.93 bits per heavy atom. The van der Waals surface area contributed by atoms with Crippen molar-refractivity contribution in [3.8, 4) is 0 Å². The van der Waals surface area contributed by atoms with Crippen LogP contribution in [0.25, 0.3) is 0 Å². The van der Waals surface area contributed by atoms with E-state index in [1.807, 2.05) is 6.26 Å². The number of hydrogen-bond acceptors (Lipinski definition) is 5. The second-order valence-electron chi connectivity index (χ2n) is 2.74. The van der Waals surface area contributed by atoms with Crippen molar-refractivity contribution in [3.63, 3.8) is 0 Å². The van der Waals surface area contributed by atoms with Gasteiger partial charge in [-0.3, -0.25) is 4.79 Å². The standard InChI is InChI=1S/C5H11NO2S.C3H6O3/c1-9-3-2-4(6)5(7)8;1-2(4)3(5)6/h4H,2-3,6H2,1H3,(H,7,8);2,4H,1H3,(H,5,6). The third-order valence-electron chi connectivity index (χ3n) is 1.31. The quantitative estimate of drug-likeness (QED) is 0.515. The molecule has 0 aliphatic heterocycles. The van der Waals surface area contributed by atoms with Gasteiger partial charge < -0.3 is 21.1 Å². The van der Waals surface area contributed by atoms with E-state index in [9.17, 15) is 9.59 Å². The van der Waals surface area contributed by atoms with Gasteiger partial charge in [-0.2, -0.15) is 11.8 Å². The lowest BCUT2D eigenvalue weighted by Gasteiger charge is -2.02. The minimum atomic E-state index is -1.23. The third-order valence-corrected chi connectivity index (χ3v) is 1.95. The monoisotopic (exact) mass is 239 g/mol. The average molecular weight is 239 g/mol. The Hall–Kier alpha value is -0.790. The Labute approximate surface area is 92.5 Å². The molecule has 0 aliphatic rings. The summed E-state index contributed by atoms with van der Waals surface area (Å²) in [6, 6.07) is -0.683. The van der Waals surface area contributed by atoms with Gasteiger partial charge in [0.15, 0.2) is 0 Å². The van der Waals surface area contributed by atoms with Crippen molar-refractivity contribution < 1.29 is 24.9 Å². The Kier molecular flexibility index (Phi) is 10.8. The van der Waals surface area contributed by atoms with Crippen molar-refractivity contribution in [1.82, 2.24) is 0 Å². The van der Waals surface area contributed by atoms with Crippen LogP contribution in [0, 0.1) is 0 Å². The van der Waals surface area contributed by atoms with E-state index in [0.717, 1.165) is 5.75 Å². The first-order valence-electron chi connectivity index (χ1n) is 4.21. The highest BCUT2D eigenvalue weighted by Crippen LogP contribution is 1.97. The maximum absolute atomic E-state index is 10.1. The summed E-state index contributed by atoms with van der Waals surface area (Å²) in [5.41, 5.74) is 5.19. The van der Waals surface area contributed by atoms with Crippen LogP contribution in [0.4, 0.5) is 0 Å². The number of hydrogen-bond donors (Lipinski definition) is 4. The van der Waals surface area contributed by atoms with Gasteiger partial charge in [0.25, 0.3) is 0 Å². The molecule has 6 nitrogen and oxygen atoms in total. The van der Waals surface area contributed by atoms with Crippen LogP contribution in [0.1, 0.15) is 13.3 Å². The number of carboxylic acids is 2. The van der Waals surface area contributed by atoms with E-state index in [0.29, 0.717) is 6.42 Å². The van der Waals surface area contributed by atoms with Crippen LogP contribution in [0.15, 0.2) is 0 Å². The summed E-state index contributed by atoms with van der Waals surface area (Å²) >= 11 is 1.60. The number of carboxylic acid groups (broad SMARTS) is 2. The highest BCUT2D eigenvalue weighted by Gasteiger charge is 2.08. The van der Waals surface area contributed by atoms with Crippen molar-refractivity contribution >= 4 is 23.7 Å². The van der Waals surface area contributed by atoms with Crippen LogP contribution < -0.4 is 5.73 Å². The van der Waals surface area contributed by atoms with Gasteiger partial charge in [0.05, 0.1) is 0 Å². The molecule has 0 rings (SSSR count). The number of aliphatic hydroxyl groups excluding tert-OH is 1. The molecule has 0 spiro atoms. The van der Waals surface area contributed by atoms with E-state index in [1.165, 1.54) is 6.92 Å². The molecule has 2 atom stereocenters. The molecule has 0 amide bonds. The van der Waals surface area contributed by atoms with Gasteiger partial charge in [0.1, 0.15) is 12.1 Å². The van der Waals surface area contributed by atoms with E-state index >= 15 is 0 Å². The number of rotatable bonds is 5. The molecule has 0 fully saturated rings. The maximum atomic E-state index is 10.1. The molecule has 0 saturated carbocycles. The summed E-state index contributed by atoms with van der Waals surface area (Å²) < 4.78 is 0. The second-order valence-corrected chi connectivity index (χ2v) is 3.73. The van der Waals surface area contributed by atoms with E-state index in [1.54, 1.807) is 11.8 Å². The summed E-state index contributed by atoms with van der Waals surface area (Å²) in [5.74, 6) is -1.29. The van der Waals surface area contributed by atoms with Crippen LogP contribution in [-0.4, -0.2) is 51.4 Å². The fourth-order valence-electron chi connectivity index (χ4n) is 0.368. The molecule has 2 unspecified atom stereocenters. The normalized spacial score (nSPS) is 13.3. The lowest BCUT2D eigenvalue weighted by Crippen LogP contribution is -2.30. The van der Waals surface area contributed by atoms with E-state index in [2.05, 4.69) is 0 Å². The smallest absolute Gasteiger partial charge is 0.332 e. The van der Waals surface area contributed by atoms with E-state index in [4.69, 9.17) is 21.1 Å². The minimum absolute atomic E-state index is 0.552. The predicted octanol–water partition coefficient (Wildman–Crippen LogP) is -0.397. The molecule has 0 heterocycles. The van der Waals surface area contributed by atoms with Crippen molar-refractivity contribution in [2.24, 2.45) is 5.73 Å². The zero-order chi connectivity index (χ0) is 12.4. The SMILES string of the molecule is CC(O)C(=O)O.CSCCC(N)C(=O)O. The first-order valence-corrected chi connectivity index (χ1v) is 5.60. The molecule has 0 aromatic carbocycles. The highest BCUT2D eigenvalue weighted by molar-refractivity contribution is 7.98. The predicted molar refractivity (Wildman–Crippen MR) is 57.9 cm³/mol. The highest BCUT2D eigenvalue weighted by atomic mass is 32.2. The Balaban J connectivity index is 0. The first kappa shape index (κ1) is 16.6. The van der Waals surface area contributed by atoms with Gasteiger partial charge in [-0.05, 0) is 25.4 Å². The number of thioether (sulfide) groups is 1. The number of aliphatic hydroxyl groups is 1. The van der Waals surface area contributed by atoms with Crippen molar-refractivity contribution in [1.29, 1.82) is 0 Å². The summed E-state index contributed by atoms with van der Waals surface area (Å²) in [7, 11) is 0. The Morgan fingerprint density at radius 1 is 1.33 bits per heavy atom. The fraction of sp³-hybridized carbons (Fsp3) is 0.750. The van der Waals surface area contributed by atoms with Crippen LogP contribution in [0.2, 0.25) is 0 Å². The molecule has 0 saturated heterocycles. The molecular weight excluding hydrogens is 222 g/mol. The molecule has 7 heteroatoms. The molecule has 0 aromatic heterocycles. The molecule has 0 radical (unpaired) electrons. The van der Waals surface area contributed by atoms with Gasteiger partial charge >= 0.3 is 11.9 Å². The van der Waals surface area contributed by atoms with Crippen LogP contribution >= 0.6 is 11.8 Å². The first-order chi connectivity index (χ1) is 6.82. The third kappa shape index (κ3) is 13.2. The van der Waals surface area contributed by atoms with E-state index < -0.39 is 24.1 Å². The van der Waals surface area contributed by atoms with Crippen molar-refractivity contribution in [2.45, 2.75) is 25.5 Å². The summed E-state index contributed by atoms with van der Waals surface area (Å²) in [6.45, 7) is 1.20. The van der Waals surface area contributed by atoms with Crippen LogP contribution in [-0.2, 0) is 9.59 Å². The number of nitrogens with two attached hydrogens (primary N) is 1. The van der Waals surface area contributed by atoms with Gasteiger partial charge in [0.2, 0.25) is 0 Å². The molecule has 15 heavy (non-hydrogen) atoms. The van der Waals surface area contributed by atoms with Crippen LogP contribution in [0.5, 0.6) is 0 Å². The van der Waals surface area contributed by atoms with Crippen molar-refractivity contribution in [2.75, 3.05) is 12.0 Å². The molecule has 90 valence electrons. The summed E-state index contributed by atoms with van der Waals surface area (Å²) in [4.78, 5) is 19.5. The second kappa shape index (κ2) is 9.75. The topological polar surface area (TPSA) is 121 Å². The largest absolute Gasteiger partial charge is 0.480 e. The summed E-state index contributed by atoms with van der Waals surface area (Å²) in [6.07, 6.45) is 1.25. The summed E-state index contributed by atoms with van der Waals surface area (Å²) in [5, 5.41) is 24.0. The lowest BCUT2D eigenvalue weighted by molar-refractivity contribution is -0.145. The fourth-order valence-corrected chi connectivity index (χ4v) is 0.858. The molecule has 0 bridgehead atoms. The van der Waals surface area contributed by atoms with Gasteiger partial charge in [-0.25, -0.2) is 4.79 Å². The van der Waals surface area contributed by atoms with Gasteiger partial charge in [0, 0.05) is 0 Å². The van der Waals surface area contributed by atoms with Crippen LogP contribution in [0.3, 0.4) is 0 Å². The minimum Gasteiger partial charge on any atom is -0.480 e. The zero-order valence-corrected chi connectivity index (χ0v) is 9.53. The van der Waals surface area contributed by atoms with Crippen molar-refractivity contribution in [3.05, 3.63) is 0 Å². The maximum Gasteiger partial charge on any atom is 0.332 e. The molecule has 0 aromatic rings. The molecule has 5 N–H and O–H groups in total. The Bertz CT molecular complexity index is 197. The lowest BCUT2D eigenvalue weighted by atomic mass is 10.2. The number of aliphatic carboxylic acids is 2.